The van der Waals surface area contributed by atoms with Crippen molar-refractivity contribution < 1.29 is 9.90 Å². The summed E-state index contributed by atoms with van der Waals surface area (Å²) in [7, 11) is 0. The maximum absolute atomic E-state index is 10.8. The van der Waals surface area contributed by atoms with E-state index in [0.717, 1.165) is 0 Å². The van der Waals surface area contributed by atoms with E-state index in [9.17, 15) is 4.79 Å². The minimum atomic E-state index is -1.01. The Kier molecular flexibility index (Phi) is 2.42. The van der Waals surface area contributed by atoms with Crippen molar-refractivity contribution in [3.05, 3.63) is 29.2 Å². The standard InChI is InChI=1S/C9H7N3O2S/c1-5-7(9(13)14)12-8(15-5)6-4-10-2-3-11-6/h2-4H,1H3,(H,13,14). The van der Waals surface area contributed by atoms with Gasteiger partial charge in [-0.25, -0.2) is 9.78 Å². The van der Waals surface area contributed by atoms with Crippen LogP contribution in [0.5, 0.6) is 0 Å². The van der Waals surface area contributed by atoms with E-state index in [1.165, 1.54) is 11.3 Å². The van der Waals surface area contributed by atoms with Gasteiger partial charge in [0.15, 0.2) is 5.69 Å². The van der Waals surface area contributed by atoms with E-state index in [4.69, 9.17) is 5.11 Å². The average molecular weight is 221 g/mol. The number of carboxylic acid groups (broad SMARTS) is 1. The number of rotatable bonds is 2. The molecule has 5 nitrogen and oxygen atoms in total. The number of hydrogen-bond donors (Lipinski definition) is 1. The number of aromatic nitrogens is 3. The summed E-state index contributed by atoms with van der Waals surface area (Å²) in [6.07, 6.45) is 4.67. The minimum Gasteiger partial charge on any atom is -0.476 e. The van der Waals surface area contributed by atoms with Crippen LogP contribution in [0, 0.1) is 6.92 Å². The van der Waals surface area contributed by atoms with Gasteiger partial charge >= 0.3 is 5.97 Å². The fraction of sp³-hybridized carbons (Fsp3) is 0.111. The lowest BCUT2D eigenvalue weighted by Gasteiger charge is -1.90. The number of nitrogens with zero attached hydrogens (tertiary/aromatic N) is 3. The molecular formula is C9H7N3O2S. The zero-order valence-corrected chi connectivity index (χ0v) is 8.65. The summed E-state index contributed by atoms with van der Waals surface area (Å²) in [5.74, 6) is -1.01. The normalized spacial score (nSPS) is 10.2. The first-order valence-corrected chi connectivity index (χ1v) is 4.97. The van der Waals surface area contributed by atoms with Crippen LogP contribution in [-0.4, -0.2) is 26.0 Å². The molecular weight excluding hydrogens is 214 g/mol. The molecule has 0 aliphatic carbocycles. The van der Waals surface area contributed by atoms with E-state index in [1.54, 1.807) is 25.5 Å². The molecule has 0 saturated heterocycles. The van der Waals surface area contributed by atoms with E-state index in [2.05, 4.69) is 15.0 Å². The first kappa shape index (κ1) is 9.72. The second-order valence-corrected chi connectivity index (χ2v) is 4.02. The smallest absolute Gasteiger partial charge is 0.355 e. The second-order valence-electron chi connectivity index (χ2n) is 2.82. The van der Waals surface area contributed by atoms with Crippen LogP contribution < -0.4 is 0 Å². The van der Waals surface area contributed by atoms with Crippen molar-refractivity contribution in [2.75, 3.05) is 0 Å². The maximum atomic E-state index is 10.8. The molecule has 15 heavy (non-hydrogen) atoms. The van der Waals surface area contributed by atoms with Gasteiger partial charge in [0.2, 0.25) is 0 Å². The van der Waals surface area contributed by atoms with Gasteiger partial charge in [0.05, 0.1) is 6.20 Å². The van der Waals surface area contributed by atoms with Crippen LogP contribution in [0.25, 0.3) is 10.7 Å². The number of carbonyl (C=O) groups is 1. The summed E-state index contributed by atoms with van der Waals surface area (Å²) in [6.45, 7) is 1.72. The molecule has 2 rings (SSSR count). The van der Waals surface area contributed by atoms with Gasteiger partial charge in [-0.1, -0.05) is 0 Å². The molecule has 0 amide bonds. The summed E-state index contributed by atoms with van der Waals surface area (Å²) in [5, 5.41) is 9.42. The molecule has 0 radical (unpaired) electrons. The fourth-order valence-electron chi connectivity index (χ4n) is 1.11. The van der Waals surface area contributed by atoms with Gasteiger partial charge in [-0.2, -0.15) is 0 Å². The summed E-state index contributed by atoms with van der Waals surface area (Å²) >= 11 is 1.30. The third kappa shape index (κ3) is 1.84. The van der Waals surface area contributed by atoms with Crippen LogP contribution in [0.15, 0.2) is 18.6 Å². The zero-order valence-electron chi connectivity index (χ0n) is 7.84. The van der Waals surface area contributed by atoms with Crippen LogP contribution in [0.4, 0.5) is 0 Å². The molecule has 0 aromatic carbocycles. The molecule has 0 saturated carbocycles. The molecule has 0 bridgehead atoms. The van der Waals surface area contributed by atoms with Crippen molar-refractivity contribution in [3.63, 3.8) is 0 Å². The molecule has 0 spiro atoms. The SMILES string of the molecule is Cc1sc(-c2cnccn2)nc1C(=O)O. The molecule has 6 heteroatoms. The number of thiazole rings is 1. The molecule has 1 N–H and O–H groups in total. The zero-order chi connectivity index (χ0) is 10.8. The molecule has 0 unspecified atom stereocenters. The lowest BCUT2D eigenvalue weighted by atomic mass is 10.4. The molecule has 0 aliphatic heterocycles. The van der Waals surface area contributed by atoms with Crippen molar-refractivity contribution in [2.24, 2.45) is 0 Å². The summed E-state index contributed by atoms with van der Waals surface area (Å²) in [4.78, 5) is 23.4. The first-order valence-electron chi connectivity index (χ1n) is 4.15. The van der Waals surface area contributed by atoms with Crippen LogP contribution in [0.3, 0.4) is 0 Å². The molecule has 0 fully saturated rings. The van der Waals surface area contributed by atoms with Crippen LogP contribution in [0.2, 0.25) is 0 Å². The van der Waals surface area contributed by atoms with Crippen molar-refractivity contribution in [1.82, 2.24) is 15.0 Å². The highest BCUT2D eigenvalue weighted by atomic mass is 32.1. The topological polar surface area (TPSA) is 76.0 Å². The van der Waals surface area contributed by atoms with Crippen molar-refractivity contribution in [3.8, 4) is 10.7 Å². The Labute approximate surface area is 89.5 Å². The van der Waals surface area contributed by atoms with Crippen molar-refractivity contribution >= 4 is 17.3 Å². The largest absolute Gasteiger partial charge is 0.476 e. The highest BCUT2D eigenvalue weighted by molar-refractivity contribution is 7.15. The third-order valence-corrected chi connectivity index (χ3v) is 2.77. The lowest BCUT2D eigenvalue weighted by molar-refractivity contribution is 0.0690. The highest BCUT2D eigenvalue weighted by Crippen LogP contribution is 2.25. The van der Waals surface area contributed by atoms with Gasteiger partial charge in [0.1, 0.15) is 10.7 Å². The summed E-state index contributed by atoms with van der Waals surface area (Å²) < 4.78 is 0. The van der Waals surface area contributed by atoms with Gasteiger partial charge in [-0.15, -0.1) is 11.3 Å². The Balaban J connectivity index is 2.48. The molecule has 0 aliphatic rings. The van der Waals surface area contributed by atoms with Crippen LogP contribution in [-0.2, 0) is 0 Å². The Morgan fingerprint density at radius 2 is 2.27 bits per heavy atom. The van der Waals surface area contributed by atoms with Gasteiger partial charge in [-0.3, -0.25) is 9.97 Å². The Morgan fingerprint density at radius 3 is 2.80 bits per heavy atom. The number of aryl methyl sites for hydroxylation is 1. The highest BCUT2D eigenvalue weighted by Gasteiger charge is 2.15. The summed E-state index contributed by atoms with van der Waals surface area (Å²) in [5.41, 5.74) is 0.679. The Bertz CT molecular complexity index is 495. The monoisotopic (exact) mass is 221 g/mol. The van der Waals surface area contributed by atoms with Crippen LogP contribution >= 0.6 is 11.3 Å². The Morgan fingerprint density at radius 1 is 1.47 bits per heavy atom. The molecule has 2 aromatic rings. The van der Waals surface area contributed by atoms with Gasteiger partial charge in [0, 0.05) is 17.3 Å². The predicted molar refractivity (Wildman–Crippen MR) is 54.8 cm³/mol. The fourth-order valence-corrected chi connectivity index (χ4v) is 1.98. The van der Waals surface area contributed by atoms with Gasteiger partial charge < -0.3 is 5.11 Å². The average Bonchev–Trinajstić information content (AvgIpc) is 2.62. The maximum Gasteiger partial charge on any atom is 0.355 e. The molecule has 2 heterocycles. The van der Waals surface area contributed by atoms with Crippen LogP contribution in [0.1, 0.15) is 15.4 Å². The summed E-state index contributed by atoms with van der Waals surface area (Å²) in [6, 6.07) is 0. The van der Waals surface area contributed by atoms with Crippen molar-refractivity contribution in [2.45, 2.75) is 6.92 Å². The number of carboxylic acids is 1. The van der Waals surface area contributed by atoms with Gasteiger partial charge in [-0.05, 0) is 6.92 Å². The van der Waals surface area contributed by atoms with E-state index in [0.29, 0.717) is 15.6 Å². The molecule has 0 atom stereocenters. The molecule has 2 aromatic heterocycles. The quantitative estimate of drug-likeness (QED) is 0.833. The first-order chi connectivity index (χ1) is 7.18. The lowest BCUT2D eigenvalue weighted by Crippen LogP contribution is -1.98. The number of hydrogen-bond acceptors (Lipinski definition) is 5. The predicted octanol–water partition coefficient (Wildman–Crippen LogP) is 1.61. The Hall–Kier alpha value is -1.82. The van der Waals surface area contributed by atoms with E-state index >= 15 is 0 Å². The van der Waals surface area contributed by atoms with Gasteiger partial charge in [0.25, 0.3) is 0 Å². The second kappa shape index (κ2) is 3.74. The van der Waals surface area contributed by atoms with Crippen molar-refractivity contribution in [1.29, 1.82) is 0 Å². The molecule has 76 valence electrons. The van der Waals surface area contributed by atoms with E-state index in [1.807, 2.05) is 0 Å². The van der Waals surface area contributed by atoms with E-state index < -0.39 is 5.97 Å². The van der Waals surface area contributed by atoms with E-state index in [-0.39, 0.29) is 5.69 Å². The number of aromatic carboxylic acids is 1. The third-order valence-electron chi connectivity index (χ3n) is 1.78. The minimum absolute atomic E-state index is 0.0839.